The summed E-state index contributed by atoms with van der Waals surface area (Å²) in [5.74, 6) is 0.997. The Balaban J connectivity index is 2.81. The molecule has 1 nitrogen and oxygen atoms in total. The largest absolute Gasteiger partial charge is 0.360 e. The number of aryl methyl sites for hydroxylation is 3. The Hall–Kier alpha value is -1.37. The monoisotopic (exact) mass is 173 g/mol. The molecule has 0 bridgehead atoms. The molecule has 1 heterocycles. The minimum absolute atomic E-state index is 0.966. The number of rotatable bonds is 0. The standard InChI is InChI=1S/C12H13O/c1-8-4-5-12-11(6-8)7-9(2)10(3)13-12/h4-7H,1-3H3/q+1. The average Bonchev–Trinajstić information content (AvgIpc) is 2.08. The van der Waals surface area contributed by atoms with Gasteiger partial charge in [-0.15, -0.1) is 0 Å². The van der Waals surface area contributed by atoms with Crippen molar-refractivity contribution in [3.05, 3.63) is 41.2 Å². The van der Waals surface area contributed by atoms with Gasteiger partial charge in [-0.05, 0) is 37.6 Å². The van der Waals surface area contributed by atoms with Crippen LogP contribution in [0.4, 0.5) is 0 Å². The highest BCUT2D eigenvalue weighted by molar-refractivity contribution is 5.78. The van der Waals surface area contributed by atoms with Gasteiger partial charge in [0.25, 0.3) is 0 Å². The van der Waals surface area contributed by atoms with Crippen LogP contribution in [-0.2, 0) is 0 Å². The van der Waals surface area contributed by atoms with Gasteiger partial charge in [-0.1, -0.05) is 0 Å². The first kappa shape index (κ1) is 8.24. The van der Waals surface area contributed by atoms with Gasteiger partial charge in [0.05, 0.1) is 12.3 Å². The molecule has 0 atom stereocenters. The van der Waals surface area contributed by atoms with Crippen LogP contribution in [0.5, 0.6) is 0 Å². The molecule has 0 amide bonds. The third-order valence-corrected chi connectivity index (χ3v) is 2.36. The number of hydrogen-bond donors (Lipinski definition) is 0. The zero-order valence-electron chi connectivity index (χ0n) is 8.22. The Morgan fingerprint density at radius 2 is 1.77 bits per heavy atom. The minimum Gasteiger partial charge on any atom is -0.212 e. The van der Waals surface area contributed by atoms with Gasteiger partial charge in [-0.2, -0.15) is 0 Å². The summed E-state index contributed by atoms with van der Waals surface area (Å²) in [4.78, 5) is 0. The molecule has 0 fully saturated rings. The molecule has 0 radical (unpaired) electrons. The van der Waals surface area contributed by atoms with E-state index in [-0.39, 0.29) is 0 Å². The van der Waals surface area contributed by atoms with Crippen molar-refractivity contribution in [3.63, 3.8) is 0 Å². The molecule has 1 heteroatoms. The SMILES string of the molecule is Cc1ccc2[o+]c(C)c(C)cc2c1. The van der Waals surface area contributed by atoms with E-state index in [1.807, 2.05) is 13.0 Å². The Morgan fingerprint density at radius 3 is 2.54 bits per heavy atom. The van der Waals surface area contributed by atoms with Crippen LogP contribution in [0.3, 0.4) is 0 Å². The summed E-state index contributed by atoms with van der Waals surface area (Å²) in [5.41, 5.74) is 3.44. The van der Waals surface area contributed by atoms with Crippen molar-refractivity contribution >= 4 is 11.0 Å². The van der Waals surface area contributed by atoms with E-state index < -0.39 is 0 Å². The van der Waals surface area contributed by atoms with Crippen LogP contribution in [0.1, 0.15) is 16.9 Å². The third kappa shape index (κ3) is 1.42. The van der Waals surface area contributed by atoms with E-state index in [1.54, 1.807) is 0 Å². The molecular weight excluding hydrogens is 160 g/mol. The summed E-state index contributed by atoms with van der Waals surface area (Å²) < 4.78 is 5.65. The van der Waals surface area contributed by atoms with Crippen LogP contribution in [0.2, 0.25) is 0 Å². The van der Waals surface area contributed by atoms with Crippen LogP contribution < -0.4 is 0 Å². The zero-order chi connectivity index (χ0) is 9.42. The molecule has 13 heavy (non-hydrogen) atoms. The van der Waals surface area contributed by atoms with Gasteiger partial charge in [-0.3, -0.25) is 0 Å². The van der Waals surface area contributed by atoms with Gasteiger partial charge >= 0.3 is 11.3 Å². The summed E-state index contributed by atoms with van der Waals surface area (Å²) in [5, 5.41) is 1.18. The fraction of sp³-hybridized carbons (Fsp3) is 0.250. The molecule has 2 aromatic rings. The molecule has 1 aromatic carbocycles. The van der Waals surface area contributed by atoms with Gasteiger partial charge in [0.1, 0.15) is 0 Å². The van der Waals surface area contributed by atoms with Crippen LogP contribution in [0, 0.1) is 20.8 Å². The topological polar surface area (TPSA) is 11.3 Å². The summed E-state index contributed by atoms with van der Waals surface area (Å²) in [7, 11) is 0. The molecule has 0 aliphatic rings. The smallest absolute Gasteiger partial charge is 0.212 e. The van der Waals surface area contributed by atoms with Crippen LogP contribution in [0.25, 0.3) is 11.0 Å². The zero-order valence-corrected chi connectivity index (χ0v) is 8.22. The highest BCUT2D eigenvalue weighted by Crippen LogP contribution is 2.20. The lowest BCUT2D eigenvalue weighted by molar-refractivity contribution is 0.560. The Labute approximate surface area is 78.0 Å². The molecule has 66 valence electrons. The van der Waals surface area contributed by atoms with E-state index in [4.69, 9.17) is 4.42 Å². The lowest BCUT2D eigenvalue weighted by Crippen LogP contribution is -1.82. The van der Waals surface area contributed by atoms with E-state index >= 15 is 0 Å². The summed E-state index contributed by atoms with van der Waals surface area (Å²) in [6.45, 7) is 6.16. The van der Waals surface area contributed by atoms with Crippen molar-refractivity contribution in [2.45, 2.75) is 20.8 Å². The second-order valence-electron chi connectivity index (χ2n) is 3.53. The molecule has 0 N–H and O–H groups in total. The summed E-state index contributed by atoms with van der Waals surface area (Å²) >= 11 is 0. The highest BCUT2D eigenvalue weighted by atomic mass is 16.3. The van der Waals surface area contributed by atoms with Gasteiger partial charge in [0, 0.05) is 11.6 Å². The van der Waals surface area contributed by atoms with Crippen LogP contribution in [-0.4, -0.2) is 0 Å². The van der Waals surface area contributed by atoms with E-state index in [9.17, 15) is 0 Å². The molecule has 0 spiro atoms. The first-order chi connectivity index (χ1) is 6.16. The quantitative estimate of drug-likeness (QED) is 0.553. The molecule has 1 aromatic heterocycles. The Bertz CT molecular complexity index is 458. The lowest BCUT2D eigenvalue weighted by Gasteiger charge is -1.93. The molecule has 0 saturated carbocycles. The number of benzene rings is 1. The summed E-state index contributed by atoms with van der Waals surface area (Å²) in [6, 6.07) is 8.41. The molecule has 0 aliphatic heterocycles. The fourth-order valence-electron chi connectivity index (χ4n) is 1.45. The maximum absolute atomic E-state index is 5.65. The van der Waals surface area contributed by atoms with Gasteiger partial charge in [0.2, 0.25) is 0 Å². The van der Waals surface area contributed by atoms with Crippen molar-refractivity contribution < 1.29 is 4.42 Å². The number of fused-ring (bicyclic) bond motifs is 1. The predicted octanol–water partition coefficient (Wildman–Crippen LogP) is 3.64. The number of hydrogen-bond acceptors (Lipinski definition) is 0. The second kappa shape index (κ2) is 2.84. The van der Waals surface area contributed by atoms with E-state index in [1.165, 1.54) is 16.5 Å². The third-order valence-electron chi connectivity index (χ3n) is 2.36. The maximum Gasteiger partial charge on any atom is 0.360 e. The first-order valence-electron chi connectivity index (χ1n) is 4.47. The van der Waals surface area contributed by atoms with E-state index in [0.29, 0.717) is 0 Å². The van der Waals surface area contributed by atoms with Gasteiger partial charge in [-0.25, -0.2) is 4.42 Å². The molecule has 2 rings (SSSR count). The second-order valence-corrected chi connectivity index (χ2v) is 3.53. The predicted molar refractivity (Wildman–Crippen MR) is 54.8 cm³/mol. The van der Waals surface area contributed by atoms with Crippen LogP contribution in [0.15, 0.2) is 28.7 Å². The van der Waals surface area contributed by atoms with Gasteiger partial charge in [0.15, 0.2) is 0 Å². The van der Waals surface area contributed by atoms with Crippen molar-refractivity contribution in [1.29, 1.82) is 0 Å². The first-order valence-corrected chi connectivity index (χ1v) is 4.47. The molecule has 0 aliphatic carbocycles. The Kier molecular flexibility index (Phi) is 1.80. The fourth-order valence-corrected chi connectivity index (χ4v) is 1.45. The Morgan fingerprint density at radius 1 is 1.00 bits per heavy atom. The molecule has 0 saturated heterocycles. The van der Waals surface area contributed by atoms with Crippen molar-refractivity contribution in [2.24, 2.45) is 0 Å². The highest BCUT2D eigenvalue weighted by Gasteiger charge is 2.10. The maximum atomic E-state index is 5.65. The molecular formula is C12H13O+. The average molecular weight is 173 g/mol. The van der Waals surface area contributed by atoms with Crippen molar-refractivity contribution in [2.75, 3.05) is 0 Å². The van der Waals surface area contributed by atoms with Gasteiger partial charge < -0.3 is 0 Å². The minimum atomic E-state index is 0.966. The van der Waals surface area contributed by atoms with Crippen molar-refractivity contribution in [3.8, 4) is 0 Å². The molecule has 0 unspecified atom stereocenters. The van der Waals surface area contributed by atoms with Crippen LogP contribution >= 0.6 is 0 Å². The van der Waals surface area contributed by atoms with E-state index in [2.05, 4.69) is 32.0 Å². The lowest BCUT2D eigenvalue weighted by atomic mass is 10.1. The van der Waals surface area contributed by atoms with Crippen molar-refractivity contribution in [1.82, 2.24) is 0 Å². The van der Waals surface area contributed by atoms with E-state index in [0.717, 1.165) is 11.3 Å². The normalized spacial score (nSPS) is 10.7. The summed E-state index contributed by atoms with van der Waals surface area (Å²) in [6.07, 6.45) is 0.